The van der Waals surface area contributed by atoms with Gasteiger partial charge in [0.1, 0.15) is 22.9 Å². The summed E-state index contributed by atoms with van der Waals surface area (Å²) in [5.41, 5.74) is 3.65. The fourth-order valence-electron chi connectivity index (χ4n) is 5.21. The number of imidazole rings is 1. The van der Waals surface area contributed by atoms with Crippen molar-refractivity contribution in [2.24, 2.45) is 5.92 Å². The molecule has 1 fully saturated rings. The predicted molar refractivity (Wildman–Crippen MR) is 147 cm³/mol. The minimum absolute atomic E-state index is 0.00576. The Bertz CT molecular complexity index is 1490. The Morgan fingerprint density at radius 3 is 2.61 bits per heavy atom. The normalized spacial score (nSPS) is 17.6. The number of piperidine rings is 1. The van der Waals surface area contributed by atoms with E-state index in [4.69, 9.17) is 0 Å². The van der Waals surface area contributed by atoms with Crippen LogP contribution in [-0.2, 0) is 0 Å². The van der Waals surface area contributed by atoms with E-state index in [-0.39, 0.29) is 23.2 Å². The highest BCUT2D eigenvalue weighted by atomic mass is 19.1. The zero-order valence-corrected chi connectivity index (χ0v) is 22.5. The van der Waals surface area contributed by atoms with Gasteiger partial charge >= 0.3 is 0 Å². The molecule has 0 saturated carbocycles. The number of anilines is 2. The number of nitrogens with zero attached hydrogens (tertiary/aromatic N) is 6. The minimum atomic E-state index is -0.639. The van der Waals surface area contributed by atoms with Crippen LogP contribution in [0.4, 0.5) is 20.5 Å². The maximum Gasteiger partial charge on any atom is 0.229 e. The molecule has 1 atom stereocenters. The van der Waals surface area contributed by atoms with Crippen molar-refractivity contribution in [3.8, 4) is 11.3 Å². The van der Waals surface area contributed by atoms with Gasteiger partial charge in [0.25, 0.3) is 0 Å². The Hall–Kier alpha value is -3.72. The van der Waals surface area contributed by atoms with Crippen molar-refractivity contribution in [3.63, 3.8) is 0 Å². The maximum absolute atomic E-state index is 15.0. The quantitative estimate of drug-likeness (QED) is 0.313. The molecule has 4 heterocycles. The summed E-state index contributed by atoms with van der Waals surface area (Å²) in [5.74, 6) is 0.763. The second kappa shape index (κ2) is 10.6. The molecule has 1 N–H and O–H groups in total. The van der Waals surface area contributed by atoms with E-state index in [1.807, 2.05) is 37.5 Å². The molecule has 7 nitrogen and oxygen atoms in total. The topological polar surface area (TPSA) is 71.8 Å². The number of benzene rings is 1. The lowest BCUT2D eigenvalue weighted by atomic mass is 9.92. The van der Waals surface area contributed by atoms with Crippen LogP contribution in [0.3, 0.4) is 0 Å². The molecule has 0 amide bonds. The molecule has 4 aromatic rings. The number of pyridine rings is 1. The van der Waals surface area contributed by atoms with E-state index in [2.05, 4.69) is 50.1 Å². The van der Waals surface area contributed by atoms with Crippen LogP contribution in [0.25, 0.3) is 28.4 Å². The van der Waals surface area contributed by atoms with E-state index in [0.29, 0.717) is 28.6 Å². The molecule has 1 aliphatic rings. The Balaban J connectivity index is 1.39. The van der Waals surface area contributed by atoms with E-state index < -0.39 is 11.6 Å². The number of halogens is 2. The number of rotatable bonds is 6. The summed E-state index contributed by atoms with van der Waals surface area (Å²) < 4.78 is 31.7. The largest absolute Gasteiger partial charge is 0.326 e. The number of nitrogens with one attached hydrogen (secondary N) is 1. The Labute approximate surface area is 221 Å². The van der Waals surface area contributed by atoms with Crippen LogP contribution in [0.1, 0.15) is 51.5 Å². The standard InChI is InChI=1S/C29H33F2N7/c1-6-37-10-9-21(18(4)16-37)11-20-7-8-26(32-14-20)35-29-33-15-24(31)27(36-29)22-12-23(30)28-25(13-22)38(17(2)3)19(5)34-28/h7-8,11-15,17-18H,6,9-10,16H2,1-5H3,(H,32,33,35,36)/b21-11+/t18-/m0/s1. The zero-order valence-electron chi connectivity index (χ0n) is 22.5. The van der Waals surface area contributed by atoms with Gasteiger partial charge in [0.15, 0.2) is 11.6 Å². The molecule has 0 aliphatic carbocycles. The summed E-state index contributed by atoms with van der Waals surface area (Å²) in [6.07, 6.45) is 6.17. The monoisotopic (exact) mass is 517 g/mol. The first-order valence-corrected chi connectivity index (χ1v) is 13.1. The van der Waals surface area contributed by atoms with Crippen LogP contribution in [0.15, 0.2) is 42.2 Å². The molecule has 0 spiro atoms. The first-order valence-electron chi connectivity index (χ1n) is 13.1. The van der Waals surface area contributed by atoms with E-state index >= 15 is 0 Å². The van der Waals surface area contributed by atoms with Crippen LogP contribution >= 0.6 is 0 Å². The van der Waals surface area contributed by atoms with Gasteiger partial charge < -0.3 is 14.8 Å². The van der Waals surface area contributed by atoms with Crippen molar-refractivity contribution < 1.29 is 8.78 Å². The molecule has 1 aromatic carbocycles. The number of likely N-dealkylation sites (tertiary alicyclic amines) is 1. The van der Waals surface area contributed by atoms with Crippen LogP contribution in [-0.4, -0.2) is 49.0 Å². The number of hydrogen-bond acceptors (Lipinski definition) is 6. The lowest BCUT2D eigenvalue weighted by molar-refractivity contribution is 0.233. The average molecular weight is 518 g/mol. The van der Waals surface area contributed by atoms with Gasteiger partial charge in [-0.05, 0) is 69.5 Å². The Kier molecular flexibility index (Phi) is 7.21. The first kappa shape index (κ1) is 25.9. The average Bonchev–Trinajstić information content (AvgIpc) is 3.24. The first-order chi connectivity index (χ1) is 18.2. The Morgan fingerprint density at radius 1 is 1.11 bits per heavy atom. The summed E-state index contributed by atoms with van der Waals surface area (Å²) >= 11 is 0. The van der Waals surface area contributed by atoms with Gasteiger partial charge in [0.05, 0.1) is 11.7 Å². The molecule has 1 aliphatic heterocycles. The molecule has 1 saturated heterocycles. The summed E-state index contributed by atoms with van der Waals surface area (Å²) in [4.78, 5) is 19.7. The van der Waals surface area contributed by atoms with Gasteiger partial charge in [0, 0.05) is 30.9 Å². The predicted octanol–water partition coefficient (Wildman–Crippen LogP) is 6.54. The van der Waals surface area contributed by atoms with Crippen LogP contribution in [0.2, 0.25) is 0 Å². The van der Waals surface area contributed by atoms with Crippen molar-refractivity contribution in [2.45, 2.75) is 47.1 Å². The van der Waals surface area contributed by atoms with Crippen LogP contribution in [0, 0.1) is 24.5 Å². The number of aryl methyl sites for hydroxylation is 1. The Morgan fingerprint density at radius 2 is 1.92 bits per heavy atom. The van der Waals surface area contributed by atoms with E-state index in [9.17, 15) is 8.78 Å². The van der Waals surface area contributed by atoms with Gasteiger partial charge in [-0.3, -0.25) is 0 Å². The molecule has 5 rings (SSSR count). The molecule has 0 unspecified atom stereocenters. The SMILES string of the molecule is CCN1CC/C(=C\c2ccc(Nc3ncc(F)c(-c4cc(F)c5nc(C)n(C(C)C)c5c4)n3)nc2)[C@@H](C)C1. The van der Waals surface area contributed by atoms with Crippen molar-refractivity contribution in [1.82, 2.24) is 29.4 Å². The highest BCUT2D eigenvalue weighted by molar-refractivity contribution is 5.83. The lowest BCUT2D eigenvalue weighted by Crippen LogP contribution is -2.35. The summed E-state index contributed by atoms with van der Waals surface area (Å²) in [6, 6.07) is 6.89. The third-order valence-electron chi connectivity index (χ3n) is 7.17. The molecule has 9 heteroatoms. The molecular weight excluding hydrogens is 484 g/mol. The van der Waals surface area contributed by atoms with Crippen molar-refractivity contribution in [1.29, 1.82) is 0 Å². The molecule has 3 aromatic heterocycles. The van der Waals surface area contributed by atoms with Gasteiger partial charge in [0.2, 0.25) is 5.95 Å². The van der Waals surface area contributed by atoms with E-state index in [1.165, 1.54) is 11.6 Å². The molecule has 0 bridgehead atoms. The molecule has 38 heavy (non-hydrogen) atoms. The molecular formula is C29H33F2N7. The summed E-state index contributed by atoms with van der Waals surface area (Å²) in [5, 5.41) is 3.04. The van der Waals surface area contributed by atoms with Gasteiger partial charge in [-0.15, -0.1) is 0 Å². The third kappa shape index (κ3) is 5.15. The zero-order chi connectivity index (χ0) is 27.0. The second-order valence-electron chi connectivity index (χ2n) is 10.2. The van der Waals surface area contributed by atoms with Crippen molar-refractivity contribution in [3.05, 3.63) is 65.3 Å². The molecule has 198 valence electrons. The third-order valence-corrected chi connectivity index (χ3v) is 7.17. The number of fused-ring (bicyclic) bond motifs is 1. The van der Waals surface area contributed by atoms with Crippen LogP contribution < -0.4 is 5.32 Å². The van der Waals surface area contributed by atoms with Gasteiger partial charge in [-0.1, -0.05) is 25.5 Å². The maximum atomic E-state index is 15.0. The van der Waals surface area contributed by atoms with Crippen molar-refractivity contribution >= 4 is 28.9 Å². The highest BCUT2D eigenvalue weighted by Gasteiger charge is 2.20. The minimum Gasteiger partial charge on any atom is -0.326 e. The van der Waals surface area contributed by atoms with Crippen molar-refractivity contribution in [2.75, 3.05) is 25.0 Å². The van der Waals surface area contributed by atoms with Crippen LogP contribution in [0.5, 0.6) is 0 Å². The highest BCUT2D eigenvalue weighted by Crippen LogP contribution is 2.30. The fraction of sp³-hybridized carbons (Fsp3) is 0.379. The smallest absolute Gasteiger partial charge is 0.229 e. The second-order valence-corrected chi connectivity index (χ2v) is 10.2. The van der Waals surface area contributed by atoms with E-state index in [1.54, 1.807) is 12.3 Å². The van der Waals surface area contributed by atoms with Gasteiger partial charge in [-0.2, -0.15) is 0 Å². The molecule has 0 radical (unpaired) electrons. The number of hydrogen-bond donors (Lipinski definition) is 1. The summed E-state index contributed by atoms with van der Waals surface area (Å²) in [6.45, 7) is 13.5. The lowest BCUT2D eigenvalue weighted by Gasteiger charge is -2.32. The fourth-order valence-corrected chi connectivity index (χ4v) is 5.21. The van der Waals surface area contributed by atoms with E-state index in [0.717, 1.165) is 37.8 Å². The summed E-state index contributed by atoms with van der Waals surface area (Å²) in [7, 11) is 0. The van der Waals surface area contributed by atoms with Gasteiger partial charge in [-0.25, -0.2) is 28.7 Å². The number of aromatic nitrogens is 5.